The predicted octanol–water partition coefficient (Wildman–Crippen LogP) is 4.71. The molecule has 25 heavy (non-hydrogen) atoms. The average molecular weight is 373 g/mol. The minimum atomic E-state index is -4.46. The molecule has 0 spiro atoms. The Morgan fingerprint density at radius 3 is 2.24 bits per heavy atom. The van der Waals surface area contributed by atoms with E-state index in [-0.39, 0.29) is 23.7 Å². The smallest absolute Gasteiger partial charge is 0.326 e. The van der Waals surface area contributed by atoms with Gasteiger partial charge in [-0.3, -0.25) is 4.79 Å². The lowest BCUT2D eigenvalue weighted by molar-refractivity contribution is -0.138. The fourth-order valence-electron chi connectivity index (χ4n) is 2.45. The number of halogens is 4. The molecule has 2 unspecified atom stereocenters. The second-order valence-electron chi connectivity index (χ2n) is 5.69. The fraction of sp³-hybridized carbons (Fsp3) is 0.278. The highest BCUT2D eigenvalue weighted by Gasteiger charge is 2.33. The van der Waals surface area contributed by atoms with Crippen LogP contribution in [0.2, 0.25) is 0 Å². The van der Waals surface area contributed by atoms with E-state index < -0.39 is 29.6 Å². The van der Waals surface area contributed by atoms with Crippen molar-refractivity contribution < 1.29 is 18.0 Å². The SMILES string of the molecule is Cc1c(NC(=O)C(C)C(N)c2ccccc2)cccc1C(F)(F)F.Cl. The van der Waals surface area contributed by atoms with Gasteiger partial charge in [0, 0.05) is 11.7 Å². The van der Waals surface area contributed by atoms with Crippen LogP contribution < -0.4 is 11.1 Å². The molecule has 3 nitrogen and oxygen atoms in total. The molecular weight excluding hydrogens is 353 g/mol. The maximum Gasteiger partial charge on any atom is 0.416 e. The van der Waals surface area contributed by atoms with Crippen LogP contribution in [-0.2, 0) is 11.0 Å². The normalized spacial score (nSPS) is 13.5. The van der Waals surface area contributed by atoms with E-state index in [2.05, 4.69) is 5.32 Å². The van der Waals surface area contributed by atoms with E-state index in [1.807, 2.05) is 30.3 Å². The number of hydrogen-bond acceptors (Lipinski definition) is 2. The lowest BCUT2D eigenvalue weighted by atomic mass is 9.94. The summed E-state index contributed by atoms with van der Waals surface area (Å²) in [6, 6.07) is 12.3. The minimum Gasteiger partial charge on any atom is -0.326 e. The zero-order chi connectivity index (χ0) is 17.9. The molecule has 0 saturated carbocycles. The summed E-state index contributed by atoms with van der Waals surface area (Å²) in [5.41, 5.74) is 6.24. The molecule has 1 amide bonds. The van der Waals surface area contributed by atoms with Crippen molar-refractivity contribution in [2.75, 3.05) is 5.32 Å². The maximum atomic E-state index is 12.9. The number of nitrogens with one attached hydrogen (secondary N) is 1. The first kappa shape index (κ1) is 21.0. The Bertz CT molecular complexity index is 720. The zero-order valence-corrected chi connectivity index (χ0v) is 14.6. The second kappa shape index (κ2) is 8.36. The number of benzene rings is 2. The summed E-state index contributed by atoms with van der Waals surface area (Å²) in [4.78, 5) is 12.4. The van der Waals surface area contributed by atoms with Gasteiger partial charge < -0.3 is 11.1 Å². The first-order valence-electron chi connectivity index (χ1n) is 7.50. The Morgan fingerprint density at radius 1 is 1.08 bits per heavy atom. The molecule has 0 radical (unpaired) electrons. The molecule has 0 saturated heterocycles. The molecule has 3 N–H and O–H groups in total. The number of rotatable bonds is 4. The Balaban J connectivity index is 0.00000312. The predicted molar refractivity (Wildman–Crippen MR) is 94.6 cm³/mol. The van der Waals surface area contributed by atoms with Crippen LogP contribution in [0.4, 0.5) is 18.9 Å². The Kier molecular flexibility index (Phi) is 7.02. The molecule has 2 aromatic carbocycles. The highest BCUT2D eigenvalue weighted by molar-refractivity contribution is 5.93. The van der Waals surface area contributed by atoms with Crippen LogP contribution in [0.25, 0.3) is 0 Å². The average Bonchev–Trinajstić information content (AvgIpc) is 2.55. The first-order chi connectivity index (χ1) is 11.2. The number of amides is 1. The molecule has 0 bridgehead atoms. The van der Waals surface area contributed by atoms with Gasteiger partial charge in [-0.15, -0.1) is 12.4 Å². The number of anilines is 1. The third-order valence-corrected chi connectivity index (χ3v) is 4.03. The van der Waals surface area contributed by atoms with Crippen LogP contribution >= 0.6 is 12.4 Å². The number of carbonyl (C=O) groups is 1. The number of nitrogens with two attached hydrogens (primary N) is 1. The molecule has 0 aliphatic rings. The van der Waals surface area contributed by atoms with Gasteiger partial charge in [-0.2, -0.15) is 13.2 Å². The van der Waals surface area contributed by atoms with Crippen LogP contribution in [0.15, 0.2) is 48.5 Å². The summed E-state index contributed by atoms with van der Waals surface area (Å²) >= 11 is 0. The van der Waals surface area contributed by atoms with Crippen LogP contribution in [-0.4, -0.2) is 5.91 Å². The molecule has 0 fully saturated rings. The second-order valence-corrected chi connectivity index (χ2v) is 5.69. The van der Waals surface area contributed by atoms with Crippen molar-refractivity contribution in [1.29, 1.82) is 0 Å². The summed E-state index contributed by atoms with van der Waals surface area (Å²) in [5, 5.41) is 2.55. The summed E-state index contributed by atoms with van der Waals surface area (Å²) < 4.78 is 38.8. The molecule has 0 aliphatic heterocycles. The largest absolute Gasteiger partial charge is 0.416 e. The van der Waals surface area contributed by atoms with Crippen molar-refractivity contribution in [3.8, 4) is 0 Å². The lowest BCUT2D eigenvalue weighted by Crippen LogP contribution is -2.30. The number of hydrogen-bond donors (Lipinski definition) is 2. The minimum absolute atomic E-state index is 0. The van der Waals surface area contributed by atoms with Gasteiger partial charge in [0.05, 0.1) is 11.5 Å². The van der Waals surface area contributed by atoms with Gasteiger partial charge >= 0.3 is 6.18 Å². The van der Waals surface area contributed by atoms with Crippen molar-refractivity contribution in [1.82, 2.24) is 0 Å². The molecule has 0 aromatic heterocycles. The molecule has 136 valence electrons. The highest BCUT2D eigenvalue weighted by Crippen LogP contribution is 2.34. The Hall–Kier alpha value is -2.05. The van der Waals surface area contributed by atoms with Gasteiger partial charge in [-0.05, 0) is 30.2 Å². The van der Waals surface area contributed by atoms with Crippen molar-refractivity contribution in [3.05, 3.63) is 65.2 Å². The van der Waals surface area contributed by atoms with Gasteiger partial charge in [0.1, 0.15) is 0 Å². The molecule has 2 aromatic rings. The van der Waals surface area contributed by atoms with E-state index in [0.717, 1.165) is 11.6 Å². The van der Waals surface area contributed by atoms with E-state index in [9.17, 15) is 18.0 Å². The summed E-state index contributed by atoms with van der Waals surface area (Å²) in [6.45, 7) is 2.98. The monoisotopic (exact) mass is 372 g/mol. The molecule has 0 heterocycles. The number of carbonyl (C=O) groups excluding carboxylic acids is 1. The van der Waals surface area contributed by atoms with Crippen molar-refractivity contribution >= 4 is 24.0 Å². The standard InChI is InChI=1S/C18H19F3N2O.ClH/c1-11-14(18(19,20)21)9-6-10-15(11)23-17(24)12(2)16(22)13-7-4-3-5-8-13;/h3-10,12,16H,22H2,1-2H3,(H,23,24);1H. The van der Waals surface area contributed by atoms with Crippen molar-refractivity contribution in [2.45, 2.75) is 26.1 Å². The third kappa shape index (κ3) is 4.96. The summed E-state index contributed by atoms with van der Waals surface area (Å²) in [7, 11) is 0. The van der Waals surface area contributed by atoms with E-state index >= 15 is 0 Å². The summed E-state index contributed by atoms with van der Waals surface area (Å²) in [5.74, 6) is -1.02. The van der Waals surface area contributed by atoms with E-state index in [1.165, 1.54) is 19.1 Å². The topological polar surface area (TPSA) is 55.1 Å². The molecule has 7 heteroatoms. The fourth-order valence-corrected chi connectivity index (χ4v) is 2.45. The van der Waals surface area contributed by atoms with Crippen LogP contribution in [0.5, 0.6) is 0 Å². The highest BCUT2D eigenvalue weighted by atomic mass is 35.5. The molecule has 0 aliphatic carbocycles. The van der Waals surface area contributed by atoms with Gasteiger partial charge in [-0.1, -0.05) is 43.3 Å². The van der Waals surface area contributed by atoms with Crippen molar-refractivity contribution in [3.63, 3.8) is 0 Å². The Morgan fingerprint density at radius 2 is 1.68 bits per heavy atom. The van der Waals surface area contributed by atoms with Gasteiger partial charge in [-0.25, -0.2) is 0 Å². The van der Waals surface area contributed by atoms with Gasteiger partial charge in [0.2, 0.25) is 5.91 Å². The van der Waals surface area contributed by atoms with Crippen molar-refractivity contribution in [2.24, 2.45) is 11.7 Å². The molecule has 2 atom stereocenters. The van der Waals surface area contributed by atoms with Crippen LogP contribution in [0.1, 0.15) is 29.7 Å². The quantitative estimate of drug-likeness (QED) is 0.816. The summed E-state index contributed by atoms with van der Waals surface area (Å²) in [6.07, 6.45) is -4.46. The van der Waals surface area contributed by atoms with Crippen LogP contribution in [0.3, 0.4) is 0 Å². The number of alkyl halides is 3. The van der Waals surface area contributed by atoms with E-state index in [1.54, 1.807) is 6.92 Å². The first-order valence-corrected chi connectivity index (χ1v) is 7.50. The van der Waals surface area contributed by atoms with Crippen LogP contribution in [0, 0.1) is 12.8 Å². The lowest BCUT2D eigenvalue weighted by Gasteiger charge is -2.21. The maximum absolute atomic E-state index is 12.9. The van der Waals surface area contributed by atoms with E-state index in [4.69, 9.17) is 5.73 Å². The zero-order valence-electron chi connectivity index (χ0n) is 13.8. The van der Waals surface area contributed by atoms with E-state index in [0.29, 0.717) is 0 Å². The molecular formula is C18H20ClF3N2O. The van der Waals surface area contributed by atoms with Gasteiger partial charge in [0.25, 0.3) is 0 Å². The van der Waals surface area contributed by atoms with Gasteiger partial charge in [0.15, 0.2) is 0 Å². The third-order valence-electron chi connectivity index (χ3n) is 4.03. The molecule has 2 rings (SSSR count). The Labute approximate surface area is 150 Å².